The fraction of sp³-hybridized carbons (Fsp3) is 0.400. The first kappa shape index (κ1) is 37.6. The molecule has 13 heteroatoms. The molecule has 1 saturated heterocycles. The maximum absolute atomic E-state index is 13.6. The van der Waals surface area contributed by atoms with Gasteiger partial charge in [-0.25, -0.2) is 19.1 Å². The fourth-order valence-corrected chi connectivity index (χ4v) is 11.2. The molecule has 53 heavy (non-hydrogen) atoms. The van der Waals surface area contributed by atoms with Crippen LogP contribution in [0.2, 0.25) is 17.1 Å². The van der Waals surface area contributed by atoms with E-state index in [1.165, 1.54) is 0 Å². The zero-order valence-corrected chi connectivity index (χ0v) is 33.2. The number of rotatable bonds is 15. The number of benzene rings is 2. The van der Waals surface area contributed by atoms with Gasteiger partial charge in [0.15, 0.2) is 14.1 Å². The summed E-state index contributed by atoms with van der Waals surface area (Å²) in [6, 6.07) is 21.6. The van der Waals surface area contributed by atoms with Crippen LogP contribution in [0.3, 0.4) is 0 Å². The number of aryl methyl sites for hydroxylation is 1. The van der Waals surface area contributed by atoms with E-state index in [4.69, 9.17) is 24.0 Å². The van der Waals surface area contributed by atoms with Gasteiger partial charge in [-0.3, -0.25) is 4.90 Å². The minimum absolute atomic E-state index is 0.0683. The number of nitrogens with one attached hydrogen (secondary N) is 1. The fourth-order valence-electron chi connectivity index (χ4n) is 7.28. The van der Waals surface area contributed by atoms with Gasteiger partial charge in [-0.2, -0.15) is 5.10 Å². The number of carbonyl (C=O) groups excluding carboxylic acids is 1. The van der Waals surface area contributed by atoms with Gasteiger partial charge in [0.25, 0.3) is 0 Å². The number of methoxy groups -OCH3 is 2. The maximum Gasteiger partial charge on any atom is 0.326 e. The summed E-state index contributed by atoms with van der Waals surface area (Å²) >= 11 is 0. The molecule has 3 aromatic heterocycles. The number of pyridine rings is 1. The van der Waals surface area contributed by atoms with Gasteiger partial charge in [0, 0.05) is 74.6 Å². The van der Waals surface area contributed by atoms with Crippen LogP contribution in [0.1, 0.15) is 51.4 Å². The van der Waals surface area contributed by atoms with Crippen molar-refractivity contribution in [1.29, 1.82) is 0 Å². The molecule has 0 spiro atoms. The minimum atomic E-state index is -2.05. The lowest BCUT2D eigenvalue weighted by atomic mass is 10.1. The van der Waals surface area contributed by atoms with E-state index < -0.39 is 8.32 Å². The molecule has 1 fully saturated rings. The maximum atomic E-state index is 13.6. The quantitative estimate of drug-likeness (QED) is 0.107. The van der Waals surface area contributed by atoms with Gasteiger partial charge in [0.1, 0.15) is 17.3 Å². The summed E-state index contributed by atoms with van der Waals surface area (Å²) in [5.74, 6) is 2.75. The number of carbonyl (C=O) groups is 1. The summed E-state index contributed by atoms with van der Waals surface area (Å²) in [5.41, 5.74) is 5.36. The first-order valence-corrected chi connectivity index (χ1v) is 20.7. The molecule has 4 heterocycles. The van der Waals surface area contributed by atoms with E-state index in [9.17, 15) is 4.79 Å². The third-order valence-corrected chi connectivity index (χ3v) is 16.2. The Morgan fingerprint density at radius 3 is 2.36 bits per heavy atom. The summed E-state index contributed by atoms with van der Waals surface area (Å²) in [4.78, 5) is 22.2. The summed E-state index contributed by atoms with van der Waals surface area (Å²) in [5, 5.41) is 13.0. The molecule has 0 bridgehead atoms. The van der Waals surface area contributed by atoms with E-state index in [1.54, 1.807) is 30.0 Å². The molecule has 1 N–H and O–H groups in total. The van der Waals surface area contributed by atoms with E-state index in [0.29, 0.717) is 50.0 Å². The second-order valence-electron chi connectivity index (χ2n) is 14.4. The van der Waals surface area contributed by atoms with Gasteiger partial charge in [0.2, 0.25) is 0 Å². The second-order valence-corrected chi connectivity index (χ2v) is 19.6. The Morgan fingerprint density at radius 1 is 0.925 bits per heavy atom. The van der Waals surface area contributed by atoms with Crippen LogP contribution in [0.15, 0.2) is 79.3 Å². The number of nitrogens with zero attached hydrogens (tertiary/aromatic N) is 7. The van der Waals surface area contributed by atoms with E-state index in [0.717, 1.165) is 51.7 Å². The van der Waals surface area contributed by atoms with Crippen molar-refractivity contribution in [2.75, 3.05) is 44.1 Å². The number of ether oxygens (including phenoxy) is 2. The Kier molecular flexibility index (Phi) is 11.2. The van der Waals surface area contributed by atoms with Crippen molar-refractivity contribution < 1.29 is 18.7 Å². The monoisotopic (exact) mass is 736 g/mol. The number of anilines is 3. The zero-order chi connectivity index (χ0) is 37.8. The van der Waals surface area contributed by atoms with E-state index >= 15 is 0 Å². The smallest absolute Gasteiger partial charge is 0.326 e. The topological polar surface area (TPSA) is 112 Å². The van der Waals surface area contributed by atoms with Crippen LogP contribution in [0.25, 0.3) is 11.4 Å². The lowest BCUT2D eigenvalue weighted by molar-refractivity contribution is 0.218. The largest absolute Gasteiger partial charge is 0.497 e. The van der Waals surface area contributed by atoms with Crippen LogP contribution in [0.5, 0.6) is 11.5 Å². The molecule has 0 atom stereocenters. The Bertz CT molecular complexity index is 2000. The molecule has 5 aromatic rings. The third kappa shape index (κ3) is 7.96. The van der Waals surface area contributed by atoms with Gasteiger partial charge < -0.3 is 24.1 Å². The molecular weight excluding hydrogens is 685 g/mol. The van der Waals surface area contributed by atoms with Gasteiger partial charge in [-0.05, 0) is 66.0 Å². The standard InChI is InChI=1S/C40H52N8O4Si/c1-9-53(10-2,40(4,5)6)52-25-19-33-35(26-29(3)42-38(33)43-34-17-14-31(27-36(34)51-8)47-21-11-20-41-47)48-22-18-37(44-48)46-24-23-45(39(46)49)28-30-12-15-32(50-7)16-13-30/h11-18,20-22,26-27H,9-10,19,23-25,28H2,1-8H3,(H,42,43). The van der Waals surface area contributed by atoms with E-state index in [-0.39, 0.29) is 11.1 Å². The summed E-state index contributed by atoms with van der Waals surface area (Å²) in [6.07, 6.45) is 6.17. The zero-order valence-electron chi connectivity index (χ0n) is 32.2. The summed E-state index contributed by atoms with van der Waals surface area (Å²) in [6.45, 7) is 15.6. The summed E-state index contributed by atoms with van der Waals surface area (Å²) < 4.78 is 21.7. The van der Waals surface area contributed by atoms with Crippen LogP contribution in [0, 0.1) is 6.92 Å². The van der Waals surface area contributed by atoms with Crippen LogP contribution in [-0.4, -0.2) is 77.7 Å². The first-order valence-electron chi connectivity index (χ1n) is 18.3. The van der Waals surface area contributed by atoms with Crippen LogP contribution >= 0.6 is 0 Å². The van der Waals surface area contributed by atoms with Crippen LogP contribution < -0.4 is 19.7 Å². The number of aromatic nitrogens is 5. The minimum Gasteiger partial charge on any atom is -0.497 e. The van der Waals surface area contributed by atoms with E-state index in [1.807, 2.05) is 89.6 Å². The van der Waals surface area contributed by atoms with Gasteiger partial charge in [-0.1, -0.05) is 46.8 Å². The second kappa shape index (κ2) is 15.8. The normalized spacial score (nSPS) is 13.5. The van der Waals surface area contributed by atoms with Crippen molar-refractivity contribution >= 4 is 31.7 Å². The Hall–Kier alpha value is -5.14. The average molecular weight is 737 g/mol. The number of amides is 2. The van der Waals surface area contributed by atoms with Crippen LogP contribution in [0.4, 0.5) is 22.1 Å². The van der Waals surface area contributed by atoms with Crippen molar-refractivity contribution in [3.8, 4) is 22.9 Å². The molecule has 0 saturated carbocycles. The Balaban J connectivity index is 1.31. The highest BCUT2D eigenvalue weighted by atomic mass is 28.4. The number of hydrogen-bond donors (Lipinski definition) is 1. The molecule has 0 unspecified atom stereocenters. The Morgan fingerprint density at radius 2 is 1.70 bits per heavy atom. The van der Waals surface area contributed by atoms with Crippen molar-refractivity contribution in [2.45, 2.75) is 71.6 Å². The highest BCUT2D eigenvalue weighted by Gasteiger charge is 2.43. The molecule has 6 rings (SSSR count). The lowest BCUT2D eigenvalue weighted by Crippen LogP contribution is -2.46. The van der Waals surface area contributed by atoms with Gasteiger partial charge >= 0.3 is 6.03 Å². The van der Waals surface area contributed by atoms with Crippen molar-refractivity contribution in [3.05, 3.63) is 96.1 Å². The van der Waals surface area contributed by atoms with E-state index in [2.05, 4.69) is 45.0 Å². The molecule has 280 valence electrons. The molecule has 0 radical (unpaired) electrons. The van der Waals surface area contributed by atoms with Crippen molar-refractivity contribution in [2.24, 2.45) is 0 Å². The molecule has 1 aliphatic rings. The molecule has 2 amide bonds. The molecule has 0 aliphatic carbocycles. The number of urea groups is 1. The predicted octanol–water partition coefficient (Wildman–Crippen LogP) is 8.31. The highest BCUT2D eigenvalue weighted by molar-refractivity contribution is 6.76. The Labute approximate surface area is 313 Å². The molecule has 1 aliphatic heterocycles. The first-order chi connectivity index (χ1) is 25.5. The van der Waals surface area contributed by atoms with Gasteiger partial charge in [-0.15, -0.1) is 5.10 Å². The lowest BCUT2D eigenvalue weighted by Gasteiger charge is -2.41. The van der Waals surface area contributed by atoms with Crippen molar-refractivity contribution in [1.82, 2.24) is 29.4 Å². The highest BCUT2D eigenvalue weighted by Crippen LogP contribution is 2.42. The molecule has 2 aromatic carbocycles. The van der Waals surface area contributed by atoms with Crippen LogP contribution in [-0.2, 0) is 17.4 Å². The third-order valence-electron chi connectivity index (χ3n) is 10.4. The molecular formula is C40H52N8O4Si. The SMILES string of the molecule is CC[Si](CC)(OCCc1c(-n2ccc(N3CCN(Cc4ccc(OC)cc4)C3=O)n2)cc(C)nc1Nc1ccc(-n2cccn2)cc1OC)C(C)(C)C. The average Bonchev–Trinajstić information content (AvgIpc) is 3.94. The summed E-state index contributed by atoms with van der Waals surface area (Å²) in [7, 11) is 1.25. The predicted molar refractivity (Wildman–Crippen MR) is 212 cm³/mol. The van der Waals surface area contributed by atoms with Gasteiger partial charge in [0.05, 0.1) is 31.3 Å². The molecule has 12 nitrogen and oxygen atoms in total. The number of hydrogen-bond acceptors (Lipinski definition) is 8. The van der Waals surface area contributed by atoms with Crippen molar-refractivity contribution in [3.63, 3.8) is 0 Å².